The zero-order valence-corrected chi connectivity index (χ0v) is 9.48. The predicted molar refractivity (Wildman–Crippen MR) is 60.8 cm³/mol. The van der Waals surface area contributed by atoms with Gasteiger partial charge in [-0.2, -0.15) is 0 Å². The van der Waals surface area contributed by atoms with E-state index in [1.165, 1.54) is 6.92 Å². The van der Waals surface area contributed by atoms with Crippen molar-refractivity contribution in [2.24, 2.45) is 7.05 Å². The minimum absolute atomic E-state index is 0.321. The number of aryl methyl sites for hydroxylation is 1. The van der Waals surface area contributed by atoms with Crippen LogP contribution < -0.4 is 9.47 Å². The van der Waals surface area contributed by atoms with Gasteiger partial charge in [0.15, 0.2) is 0 Å². The van der Waals surface area contributed by atoms with Crippen LogP contribution in [0.1, 0.15) is 6.92 Å². The van der Waals surface area contributed by atoms with E-state index >= 15 is 0 Å². The lowest BCUT2D eigenvalue weighted by atomic mass is 10.2. The van der Waals surface area contributed by atoms with Gasteiger partial charge in [0.25, 0.3) is 0 Å². The number of benzene rings is 1. The molecule has 0 saturated heterocycles. The first-order valence-corrected chi connectivity index (χ1v) is 4.93. The summed E-state index contributed by atoms with van der Waals surface area (Å²) in [4.78, 5) is 10.9. The number of carbonyl (C=O) groups is 1. The van der Waals surface area contributed by atoms with E-state index in [1.54, 1.807) is 7.11 Å². The molecule has 0 unspecified atom stereocenters. The van der Waals surface area contributed by atoms with Crippen molar-refractivity contribution >= 4 is 16.9 Å². The molecule has 0 saturated carbocycles. The van der Waals surface area contributed by atoms with E-state index < -0.39 is 0 Å². The van der Waals surface area contributed by atoms with Crippen LogP contribution in [-0.2, 0) is 11.8 Å². The van der Waals surface area contributed by atoms with Crippen molar-refractivity contribution < 1.29 is 14.3 Å². The van der Waals surface area contributed by atoms with Crippen molar-refractivity contribution in [2.45, 2.75) is 6.92 Å². The summed E-state index contributed by atoms with van der Waals surface area (Å²) < 4.78 is 12.1. The Labute approximate surface area is 93.4 Å². The fourth-order valence-corrected chi connectivity index (χ4v) is 1.67. The van der Waals surface area contributed by atoms with Crippen LogP contribution in [-0.4, -0.2) is 17.6 Å². The van der Waals surface area contributed by atoms with E-state index in [9.17, 15) is 4.79 Å². The summed E-state index contributed by atoms with van der Waals surface area (Å²) in [5.74, 6) is 1.00. The Hall–Kier alpha value is -1.97. The molecule has 1 aromatic carbocycles. The molecule has 0 radical (unpaired) electrons. The van der Waals surface area contributed by atoms with Gasteiger partial charge in [-0.3, -0.25) is 4.79 Å². The molecule has 0 aliphatic heterocycles. The second-order valence-electron chi connectivity index (χ2n) is 3.56. The lowest BCUT2D eigenvalue weighted by Gasteiger charge is -2.03. The van der Waals surface area contributed by atoms with Gasteiger partial charge in [-0.15, -0.1) is 0 Å². The summed E-state index contributed by atoms with van der Waals surface area (Å²) in [5, 5.41) is 0.984. The van der Waals surface area contributed by atoms with Crippen molar-refractivity contribution in [3.8, 4) is 11.6 Å². The molecule has 0 atom stereocenters. The van der Waals surface area contributed by atoms with Gasteiger partial charge in [-0.1, -0.05) is 0 Å². The van der Waals surface area contributed by atoms with E-state index in [2.05, 4.69) is 0 Å². The average molecular weight is 219 g/mol. The Bertz CT molecular complexity index is 542. The number of aromatic nitrogens is 1. The van der Waals surface area contributed by atoms with Gasteiger partial charge in [0.2, 0.25) is 5.88 Å². The molecular weight excluding hydrogens is 206 g/mol. The molecule has 84 valence electrons. The Morgan fingerprint density at radius 3 is 2.69 bits per heavy atom. The van der Waals surface area contributed by atoms with Gasteiger partial charge in [0.1, 0.15) is 5.75 Å². The van der Waals surface area contributed by atoms with Gasteiger partial charge in [0.05, 0.1) is 12.6 Å². The van der Waals surface area contributed by atoms with E-state index in [-0.39, 0.29) is 5.97 Å². The normalized spacial score (nSPS) is 10.4. The van der Waals surface area contributed by atoms with Gasteiger partial charge in [-0.25, -0.2) is 0 Å². The highest BCUT2D eigenvalue weighted by Gasteiger charge is 2.09. The first-order chi connectivity index (χ1) is 7.61. The molecule has 16 heavy (non-hydrogen) atoms. The maximum Gasteiger partial charge on any atom is 0.309 e. The summed E-state index contributed by atoms with van der Waals surface area (Å²) in [6, 6.07) is 7.53. The molecule has 0 N–H and O–H groups in total. The molecule has 0 spiro atoms. The third kappa shape index (κ3) is 1.74. The summed E-state index contributed by atoms with van der Waals surface area (Å²) in [6.07, 6.45) is 0. The van der Waals surface area contributed by atoms with E-state index in [1.807, 2.05) is 35.9 Å². The van der Waals surface area contributed by atoms with Crippen LogP contribution in [0.5, 0.6) is 11.6 Å². The summed E-state index contributed by atoms with van der Waals surface area (Å²) >= 11 is 0. The van der Waals surface area contributed by atoms with Crippen LogP contribution in [0.4, 0.5) is 0 Å². The first-order valence-electron chi connectivity index (χ1n) is 4.93. The van der Waals surface area contributed by atoms with Crippen molar-refractivity contribution in [2.75, 3.05) is 7.11 Å². The number of methoxy groups -OCH3 is 1. The fraction of sp³-hybridized carbons (Fsp3) is 0.250. The van der Waals surface area contributed by atoms with Gasteiger partial charge in [0, 0.05) is 25.4 Å². The van der Waals surface area contributed by atoms with E-state index in [0.29, 0.717) is 5.88 Å². The van der Waals surface area contributed by atoms with Crippen molar-refractivity contribution in [3.63, 3.8) is 0 Å². The summed E-state index contributed by atoms with van der Waals surface area (Å²) in [5.41, 5.74) is 0.997. The van der Waals surface area contributed by atoms with Crippen LogP contribution in [0.25, 0.3) is 10.9 Å². The second kappa shape index (κ2) is 3.89. The number of nitrogens with zero attached hydrogens (tertiary/aromatic N) is 1. The van der Waals surface area contributed by atoms with Gasteiger partial charge in [-0.05, 0) is 18.2 Å². The standard InChI is InChI=1S/C12H13NO3/c1-8(14)16-12-7-9-6-10(15-3)4-5-11(9)13(12)2/h4-7H,1-3H3. The maximum absolute atomic E-state index is 10.9. The molecule has 0 amide bonds. The highest BCUT2D eigenvalue weighted by atomic mass is 16.5. The van der Waals surface area contributed by atoms with Crippen LogP contribution in [0.2, 0.25) is 0 Å². The zero-order chi connectivity index (χ0) is 11.7. The van der Waals surface area contributed by atoms with Gasteiger partial charge < -0.3 is 14.0 Å². The van der Waals surface area contributed by atoms with Crippen molar-refractivity contribution in [1.29, 1.82) is 0 Å². The highest BCUT2D eigenvalue weighted by molar-refractivity contribution is 5.84. The molecular formula is C12H13NO3. The largest absolute Gasteiger partial charge is 0.497 e. The molecule has 0 bridgehead atoms. The quantitative estimate of drug-likeness (QED) is 0.726. The second-order valence-corrected chi connectivity index (χ2v) is 3.56. The topological polar surface area (TPSA) is 40.5 Å². The van der Waals surface area contributed by atoms with Crippen LogP contribution >= 0.6 is 0 Å². The molecule has 2 rings (SSSR count). The number of carbonyl (C=O) groups excluding carboxylic acids is 1. The van der Waals surface area contributed by atoms with Crippen LogP contribution in [0.3, 0.4) is 0 Å². The summed E-state index contributed by atoms with van der Waals surface area (Å²) in [7, 11) is 3.48. The molecule has 2 aromatic rings. The predicted octanol–water partition coefficient (Wildman–Crippen LogP) is 2.11. The van der Waals surface area contributed by atoms with E-state index in [4.69, 9.17) is 9.47 Å². The van der Waals surface area contributed by atoms with Crippen molar-refractivity contribution in [3.05, 3.63) is 24.3 Å². The summed E-state index contributed by atoms with van der Waals surface area (Å²) in [6.45, 7) is 1.39. The first kappa shape index (κ1) is 10.5. The lowest BCUT2D eigenvalue weighted by Crippen LogP contribution is -2.04. The Morgan fingerprint density at radius 2 is 2.06 bits per heavy atom. The third-order valence-electron chi connectivity index (χ3n) is 2.45. The minimum Gasteiger partial charge on any atom is -0.497 e. The fourth-order valence-electron chi connectivity index (χ4n) is 1.67. The maximum atomic E-state index is 10.9. The number of esters is 1. The number of fused-ring (bicyclic) bond motifs is 1. The van der Waals surface area contributed by atoms with Crippen molar-refractivity contribution in [1.82, 2.24) is 4.57 Å². The third-order valence-corrected chi connectivity index (χ3v) is 2.45. The van der Waals surface area contributed by atoms with E-state index in [0.717, 1.165) is 16.7 Å². The zero-order valence-electron chi connectivity index (χ0n) is 9.48. The Balaban J connectivity index is 2.54. The van der Waals surface area contributed by atoms with Crippen LogP contribution in [0.15, 0.2) is 24.3 Å². The number of ether oxygens (including phenoxy) is 2. The van der Waals surface area contributed by atoms with Gasteiger partial charge >= 0.3 is 5.97 Å². The minimum atomic E-state index is -0.321. The SMILES string of the molecule is COc1ccc2c(c1)cc(OC(C)=O)n2C. The molecule has 4 nitrogen and oxygen atoms in total. The number of hydrogen-bond acceptors (Lipinski definition) is 3. The molecule has 1 aromatic heterocycles. The number of rotatable bonds is 2. The molecule has 1 heterocycles. The monoisotopic (exact) mass is 219 g/mol. The Kier molecular flexibility index (Phi) is 2.56. The lowest BCUT2D eigenvalue weighted by molar-refractivity contribution is -0.132. The number of hydrogen-bond donors (Lipinski definition) is 0. The molecule has 0 fully saturated rings. The molecule has 0 aliphatic carbocycles. The smallest absolute Gasteiger partial charge is 0.309 e. The molecule has 4 heteroatoms. The average Bonchev–Trinajstić information content (AvgIpc) is 2.54. The Morgan fingerprint density at radius 1 is 1.31 bits per heavy atom. The van der Waals surface area contributed by atoms with Crippen LogP contribution in [0, 0.1) is 0 Å². The highest BCUT2D eigenvalue weighted by Crippen LogP contribution is 2.27. The molecule has 0 aliphatic rings.